The number of sulfonamides is 1. The second kappa shape index (κ2) is 5.13. The van der Waals surface area contributed by atoms with Crippen molar-refractivity contribution in [3.05, 3.63) is 22.7 Å². The predicted molar refractivity (Wildman–Crippen MR) is 65.4 cm³/mol. The number of halogens is 1. The average Bonchev–Trinajstić information content (AvgIpc) is 2.21. The molecule has 0 amide bonds. The number of anilines is 1. The lowest BCUT2D eigenvalue weighted by molar-refractivity contribution is 0.265. The third-order valence-electron chi connectivity index (χ3n) is 1.91. The standard InChI is InChI=1S/C9H13BrN2O3S/c1-6(5-13)12-16(14,15)7-2-3-8(10)9(11)4-7/h2-4,6,12-13H,5,11H2,1H3/t6-/m0/s1. The van der Waals surface area contributed by atoms with Crippen LogP contribution in [-0.4, -0.2) is 26.2 Å². The second-order valence-corrected chi connectivity index (χ2v) is 5.96. The summed E-state index contributed by atoms with van der Waals surface area (Å²) in [5.74, 6) is 0. The molecule has 0 bridgehead atoms. The van der Waals surface area contributed by atoms with Crippen LogP contribution in [0.1, 0.15) is 6.92 Å². The zero-order chi connectivity index (χ0) is 12.3. The Bertz CT molecular complexity index is 476. The lowest BCUT2D eigenvalue weighted by Crippen LogP contribution is -2.35. The van der Waals surface area contributed by atoms with E-state index in [2.05, 4.69) is 20.7 Å². The minimum atomic E-state index is -3.62. The highest BCUT2D eigenvalue weighted by Crippen LogP contribution is 2.22. The van der Waals surface area contributed by atoms with E-state index in [1.807, 2.05) is 0 Å². The summed E-state index contributed by atoms with van der Waals surface area (Å²) in [6.45, 7) is 1.31. The van der Waals surface area contributed by atoms with Gasteiger partial charge in [-0.15, -0.1) is 0 Å². The third-order valence-corrected chi connectivity index (χ3v) is 4.22. The Hall–Kier alpha value is -0.630. The number of aliphatic hydroxyl groups is 1. The maximum atomic E-state index is 11.8. The molecule has 1 rings (SSSR count). The number of hydrogen-bond donors (Lipinski definition) is 3. The summed E-state index contributed by atoms with van der Waals surface area (Å²) < 4.78 is 26.5. The molecule has 1 aromatic carbocycles. The van der Waals surface area contributed by atoms with Crippen molar-refractivity contribution in [3.8, 4) is 0 Å². The number of rotatable bonds is 4. The first-order chi connectivity index (χ1) is 7.36. The molecule has 0 heterocycles. The molecular formula is C9H13BrN2O3S. The number of aliphatic hydroxyl groups excluding tert-OH is 1. The fourth-order valence-corrected chi connectivity index (χ4v) is 2.58. The van der Waals surface area contributed by atoms with E-state index in [0.29, 0.717) is 10.2 Å². The van der Waals surface area contributed by atoms with Gasteiger partial charge in [-0.1, -0.05) is 0 Å². The summed E-state index contributed by atoms with van der Waals surface area (Å²) in [6.07, 6.45) is 0. The smallest absolute Gasteiger partial charge is 0.240 e. The highest BCUT2D eigenvalue weighted by molar-refractivity contribution is 9.10. The van der Waals surface area contributed by atoms with Gasteiger partial charge in [0.05, 0.1) is 11.5 Å². The highest BCUT2D eigenvalue weighted by atomic mass is 79.9. The van der Waals surface area contributed by atoms with Crippen LogP contribution in [-0.2, 0) is 10.0 Å². The van der Waals surface area contributed by atoms with Gasteiger partial charge in [0.25, 0.3) is 0 Å². The third kappa shape index (κ3) is 3.18. The molecule has 0 fully saturated rings. The molecule has 5 nitrogen and oxygen atoms in total. The van der Waals surface area contributed by atoms with Crippen LogP contribution in [0.25, 0.3) is 0 Å². The predicted octanol–water partition coefficient (Wildman–Crippen LogP) is 0.690. The van der Waals surface area contributed by atoms with Gasteiger partial charge < -0.3 is 10.8 Å². The second-order valence-electron chi connectivity index (χ2n) is 3.39. The first-order valence-electron chi connectivity index (χ1n) is 4.55. The molecule has 0 aliphatic carbocycles. The summed E-state index contributed by atoms with van der Waals surface area (Å²) in [6, 6.07) is 3.83. The maximum absolute atomic E-state index is 11.8. The zero-order valence-corrected chi connectivity index (χ0v) is 11.0. The molecule has 1 atom stereocenters. The molecule has 0 aliphatic heterocycles. The van der Waals surface area contributed by atoms with Crippen LogP contribution >= 0.6 is 15.9 Å². The highest BCUT2D eigenvalue weighted by Gasteiger charge is 2.17. The van der Waals surface area contributed by atoms with Crippen molar-refractivity contribution in [1.29, 1.82) is 0 Å². The fraction of sp³-hybridized carbons (Fsp3) is 0.333. The Morgan fingerprint density at radius 1 is 1.56 bits per heavy atom. The van der Waals surface area contributed by atoms with Gasteiger partial charge in [0, 0.05) is 16.2 Å². The first-order valence-corrected chi connectivity index (χ1v) is 6.82. The molecule has 90 valence electrons. The lowest BCUT2D eigenvalue weighted by atomic mass is 10.3. The summed E-state index contributed by atoms with van der Waals surface area (Å²) >= 11 is 3.18. The van der Waals surface area contributed by atoms with Crippen molar-refractivity contribution in [1.82, 2.24) is 4.72 Å². The van der Waals surface area contributed by atoms with Crippen molar-refractivity contribution in [2.75, 3.05) is 12.3 Å². The van der Waals surface area contributed by atoms with Crippen LogP contribution in [0, 0.1) is 0 Å². The largest absolute Gasteiger partial charge is 0.398 e. The van der Waals surface area contributed by atoms with Crippen molar-refractivity contribution in [3.63, 3.8) is 0 Å². The fourth-order valence-electron chi connectivity index (χ4n) is 1.06. The number of benzene rings is 1. The Morgan fingerprint density at radius 2 is 2.19 bits per heavy atom. The zero-order valence-electron chi connectivity index (χ0n) is 8.64. The minimum absolute atomic E-state index is 0.0773. The minimum Gasteiger partial charge on any atom is -0.398 e. The van der Waals surface area contributed by atoms with Crippen molar-refractivity contribution < 1.29 is 13.5 Å². The molecule has 1 aromatic rings. The van der Waals surface area contributed by atoms with Gasteiger partial charge in [0.1, 0.15) is 0 Å². The molecule has 7 heteroatoms. The van der Waals surface area contributed by atoms with Gasteiger partial charge in [-0.25, -0.2) is 13.1 Å². The summed E-state index contributed by atoms with van der Waals surface area (Å²) in [5, 5.41) is 8.78. The summed E-state index contributed by atoms with van der Waals surface area (Å²) in [5.41, 5.74) is 5.94. The maximum Gasteiger partial charge on any atom is 0.240 e. The van der Waals surface area contributed by atoms with Gasteiger partial charge in [0.15, 0.2) is 0 Å². The van der Waals surface area contributed by atoms with Crippen LogP contribution in [0.5, 0.6) is 0 Å². The van der Waals surface area contributed by atoms with Crippen molar-refractivity contribution in [2.45, 2.75) is 17.9 Å². The Labute approximate surface area is 103 Å². The van der Waals surface area contributed by atoms with E-state index < -0.39 is 16.1 Å². The van der Waals surface area contributed by atoms with Gasteiger partial charge in [-0.3, -0.25) is 0 Å². The quantitative estimate of drug-likeness (QED) is 0.714. The van der Waals surface area contributed by atoms with E-state index in [9.17, 15) is 8.42 Å². The molecule has 0 radical (unpaired) electrons. The molecular weight excluding hydrogens is 296 g/mol. The van der Waals surface area contributed by atoms with Crippen LogP contribution in [0.3, 0.4) is 0 Å². The van der Waals surface area contributed by atoms with Crippen molar-refractivity contribution >= 4 is 31.6 Å². The van der Waals surface area contributed by atoms with E-state index in [1.165, 1.54) is 12.1 Å². The SMILES string of the molecule is C[C@@H](CO)NS(=O)(=O)c1ccc(Br)c(N)c1. The number of hydrogen-bond acceptors (Lipinski definition) is 4. The number of nitrogens with two attached hydrogens (primary N) is 1. The van der Waals surface area contributed by atoms with E-state index in [0.717, 1.165) is 0 Å². The molecule has 0 aliphatic rings. The molecule has 4 N–H and O–H groups in total. The van der Waals surface area contributed by atoms with Crippen LogP contribution in [0.4, 0.5) is 5.69 Å². The Morgan fingerprint density at radius 3 is 2.69 bits per heavy atom. The molecule has 0 spiro atoms. The molecule has 0 saturated heterocycles. The number of nitrogen functional groups attached to an aromatic ring is 1. The van der Waals surface area contributed by atoms with Gasteiger partial charge >= 0.3 is 0 Å². The molecule has 0 aromatic heterocycles. The van der Waals surface area contributed by atoms with E-state index in [1.54, 1.807) is 13.0 Å². The summed E-state index contributed by atoms with van der Waals surface area (Å²) in [7, 11) is -3.62. The van der Waals surface area contributed by atoms with Gasteiger partial charge in [-0.05, 0) is 41.1 Å². The Balaban J connectivity index is 3.03. The number of nitrogens with one attached hydrogen (secondary N) is 1. The topological polar surface area (TPSA) is 92.4 Å². The van der Waals surface area contributed by atoms with Crippen LogP contribution in [0.2, 0.25) is 0 Å². The van der Waals surface area contributed by atoms with E-state index in [-0.39, 0.29) is 11.5 Å². The normalized spacial score (nSPS) is 13.7. The lowest BCUT2D eigenvalue weighted by Gasteiger charge is -2.12. The summed E-state index contributed by atoms with van der Waals surface area (Å²) in [4.78, 5) is 0.0773. The molecule has 0 saturated carbocycles. The van der Waals surface area contributed by atoms with E-state index >= 15 is 0 Å². The monoisotopic (exact) mass is 308 g/mol. The molecule has 16 heavy (non-hydrogen) atoms. The van der Waals surface area contributed by atoms with Crippen LogP contribution in [0.15, 0.2) is 27.6 Å². The van der Waals surface area contributed by atoms with Gasteiger partial charge in [0.2, 0.25) is 10.0 Å². The molecule has 0 unspecified atom stereocenters. The average molecular weight is 309 g/mol. The van der Waals surface area contributed by atoms with Crippen LogP contribution < -0.4 is 10.5 Å². The van der Waals surface area contributed by atoms with Gasteiger partial charge in [-0.2, -0.15) is 0 Å². The Kier molecular flexibility index (Phi) is 4.31. The first kappa shape index (κ1) is 13.4. The van der Waals surface area contributed by atoms with E-state index in [4.69, 9.17) is 10.8 Å². The van der Waals surface area contributed by atoms with Crippen molar-refractivity contribution in [2.24, 2.45) is 0 Å².